The Hall–Kier alpha value is -3.45. The van der Waals surface area contributed by atoms with E-state index in [0.29, 0.717) is 30.8 Å². The summed E-state index contributed by atoms with van der Waals surface area (Å²) < 4.78 is 35.7. The average Bonchev–Trinajstić information content (AvgIpc) is 3.54. The van der Waals surface area contributed by atoms with Gasteiger partial charge in [-0.25, -0.2) is 8.42 Å². The van der Waals surface area contributed by atoms with Gasteiger partial charge >= 0.3 is 0 Å². The Morgan fingerprint density at radius 2 is 2.09 bits per heavy atom. The van der Waals surface area contributed by atoms with E-state index < -0.39 is 21.8 Å². The molecule has 0 unspecified atom stereocenters. The van der Waals surface area contributed by atoms with Crippen molar-refractivity contribution in [2.24, 2.45) is 20.0 Å². The van der Waals surface area contributed by atoms with E-state index in [0.717, 1.165) is 0 Å². The summed E-state index contributed by atoms with van der Waals surface area (Å²) in [7, 11) is -0.456. The zero-order chi connectivity index (χ0) is 24.5. The van der Waals surface area contributed by atoms with Crippen molar-refractivity contribution in [2.75, 3.05) is 18.4 Å². The molecule has 0 aliphatic carbocycles. The van der Waals surface area contributed by atoms with Crippen LogP contribution in [0, 0.1) is 12.8 Å². The van der Waals surface area contributed by atoms with Gasteiger partial charge < -0.3 is 15.1 Å². The number of rotatable bonds is 7. The summed E-state index contributed by atoms with van der Waals surface area (Å²) >= 11 is 0. The first-order valence-electron chi connectivity index (χ1n) is 10.8. The first-order chi connectivity index (χ1) is 16.2. The normalized spacial score (nSPS) is 17.0. The van der Waals surface area contributed by atoms with E-state index >= 15 is 0 Å². The van der Waals surface area contributed by atoms with Gasteiger partial charge in [0.1, 0.15) is 10.7 Å². The molecule has 13 heteroatoms. The van der Waals surface area contributed by atoms with Gasteiger partial charge in [0.15, 0.2) is 5.69 Å². The molecule has 1 aliphatic heterocycles. The maximum absolute atomic E-state index is 13.1. The van der Waals surface area contributed by atoms with Crippen molar-refractivity contribution in [2.45, 2.75) is 31.2 Å². The first-order valence-corrected chi connectivity index (χ1v) is 12.2. The summed E-state index contributed by atoms with van der Waals surface area (Å²) in [6.07, 6.45) is 5.45. The van der Waals surface area contributed by atoms with E-state index in [1.54, 1.807) is 33.2 Å². The number of carbonyl (C=O) groups is 2. The zero-order valence-electron chi connectivity index (χ0n) is 19.2. The Labute approximate surface area is 197 Å². The molecule has 12 nitrogen and oxygen atoms in total. The number of hydrogen-bond acceptors (Lipinski definition) is 7. The number of furan rings is 1. The number of nitrogens with one attached hydrogen (secondary N) is 2. The molecular weight excluding hydrogens is 462 g/mol. The maximum Gasteiger partial charge on any atom is 0.274 e. The van der Waals surface area contributed by atoms with Crippen LogP contribution >= 0.6 is 0 Å². The van der Waals surface area contributed by atoms with Gasteiger partial charge in [-0.2, -0.15) is 14.5 Å². The lowest BCUT2D eigenvalue weighted by molar-refractivity contribution is -0.120. The number of aryl methyl sites for hydroxylation is 2. The molecule has 4 rings (SSSR count). The van der Waals surface area contributed by atoms with Gasteiger partial charge in [0, 0.05) is 33.4 Å². The van der Waals surface area contributed by atoms with Gasteiger partial charge in [-0.05, 0) is 31.9 Å². The fourth-order valence-corrected chi connectivity index (χ4v) is 5.60. The van der Waals surface area contributed by atoms with Gasteiger partial charge in [0.05, 0.1) is 36.3 Å². The minimum Gasteiger partial charge on any atom is -0.467 e. The molecule has 1 saturated heterocycles. The van der Waals surface area contributed by atoms with Gasteiger partial charge in [-0.1, -0.05) is 0 Å². The number of carbonyl (C=O) groups excluding carboxylic acids is 2. The van der Waals surface area contributed by atoms with Gasteiger partial charge in [0.25, 0.3) is 5.91 Å². The van der Waals surface area contributed by atoms with Crippen LogP contribution in [0.5, 0.6) is 0 Å². The third kappa shape index (κ3) is 4.75. The molecule has 3 aromatic rings. The molecule has 0 spiro atoms. The maximum atomic E-state index is 13.1. The molecule has 1 atom stereocenters. The lowest BCUT2D eigenvalue weighted by atomic mass is 9.99. The van der Waals surface area contributed by atoms with E-state index in [1.165, 1.54) is 32.3 Å². The van der Waals surface area contributed by atoms with Crippen molar-refractivity contribution >= 4 is 27.5 Å². The number of nitrogens with zero attached hydrogens (tertiary/aromatic N) is 5. The Morgan fingerprint density at radius 1 is 1.29 bits per heavy atom. The number of anilines is 1. The summed E-state index contributed by atoms with van der Waals surface area (Å²) in [4.78, 5) is 25.8. The highest BCUT2D eigenvalue weighted by atomic mass is 32.2. The molecular formula is C21H27N7O5S. The van der Waals surface area contributed by atoms with E-state index in [-0.39, 0.29) is 35.3 Å². The highest BCUT2D eigenvalue weighted by Crippen LogP contribution is 2.26. The molecule has 2 amide bonds. The standard InChI is InChI=1S/C21H27N7O5S/c1-14-18(11-23-27(14)3)34(31,32)28-8-4-6-15(12-28)20(29)24-17-13-26(2)25-19(17)21(30)22-10-16-7-5-9-33-16/h5,7,9,11,13,15H,4,6,8,10,12H2,1-3H3,(H,22,30)(H,24,29)/t15-/m0/s1. The van der Waals surface area contributed by atoms with Crippen LogP contribution in [0.25, 0.3) is 0 Å². The highest BCUT2D eigenvalue weighted by Gasteiger charge is 2.35. The number of aromatic nitrogens is 4. The SMILES string of the molecule is Cc1c(S(=O)(=O)N2CCC[C@H](C(=O)Nc3cn(C)nc3C(=O)NCc3ccco3)C2)cnn1C. The Balaban J connectivity index is 1.45. The summed E-state index contributed by atoms with van der Waals surface area (Å²) in [5.74, 6) is -0.815. The van der Waals surface area contributed by atoms with Crippen LogP contribution in [0.15, 0.2) is 40.1 Å². The molecule has 0 radical (unpaired) electrons. The lowest BCUT2D eigenvalue weighted by Gasteiger charge is -2.31. The Bertz CT molecular complexity index is 1290. The number of hydrogen-bond donors (Lipinski definition) is 2. The van der Waals surface area contributed by atoms with Crippen molar-refractivity contribution in [3.05, 3.63) is 47.9 Å². The monoisotopic (exact) mass is 489 g/mol. The Kier molecular flexibility index (Phi) is 6.57. The fourth-order valence-electron chi connectivity index (χ4n) is 3.89. The first kappa shape index (κ1) is 23.7. The van der Waals surface area contributed by atoms with Crippen LogP contribution in [0.1, 0.15) is 34.8 Å². The van der Waals surface area contributed by atoms with E-state index in [4.69, 9.17) is 4.42 Å². The molecule has 3 aromatic heterocycles. The van der Waals surface area contributed by atoms with Crippen LogP contribution in [0.4, 0.5) is 5.69 Å². The summed E-state index contributed by atoms with van der Waals surface area (Å²) in [5.41, 5.74) is 0.855. The largest absolute Gasteiger partial charge is 0.467 e. The minimum absolute atomic E-state index is 0.0444. The van der Waals surface area contributed by atoms with Crippen LogP contribution in [-0.2, 0) is 35.5 Å². The minimum atomic E-state index is -3.78. The van der Waals surface area contributed by atoms with Crippen LogP contribution < -0.4 is 10.6 Å². The quantitative estimate of drug-likeness (QED) is 0.504. The van der Waals surface area contributed by atoms with Crippen molar-refractivity contribution in [1.29, 1.82) is 0 Å². The summed E-state index contributed by atoms with van der Waals surface area (Å²) in [5, 5.41) is 13.6. The second-order valence-corrected chi connectivity index (χ2v) is 10.1. The molecule has 1 aliphatic rings. The van der Waals surface area contributed by atoms with Crippen molar-refractivity contribution in [3.8, 4) is 0 Å². The predicted octanol–water partition coefficient (Wildman–Crippen LogP) is 1.02. The number of piperidine rings is 1. The Morgan fingerprint density at radius 3 is 2.76 bits per heavy atom. The average molecular weight is 490 g/mol. The van der Waals surface area contributed by atoms with Crippen LogP contribution in [0.3, 0.4) is 0 Å². The van der Waals surface area contributed by atoms with E-state index in [1.807, 2.05) is 0 Å². The molecule has 1 fully saturated rings. The number of sulfonamides is 1. The smallest absolute Gasteiger partial charge is 0.274 e. The van der Waals surface area contributed by atoms with Gasteiger partial charge in [0.2, 0.25) is 15.9 Å². The topological polar surface area (TPSA) is 144 Å². The van der Waals surface area contributed by atoms with E-state index in [9.17, 15) is 18.0 Å². The lowest BCUT2D eigenvalue weighted by Crippen LogP contribution is -2.43. The van der Waals surface area contributed by atoms with Gasteiger partial charge in [-0.3, -0.25) is 19.0 Å². The third-order valence-corrected chi connectivity index (χ3v) is 7.84. The molecule has 182 valence electrons. The van der Waals surface area contributed by atoms with Crippen molar-refractivity contribution < 1.29 is 22.4 Å². The summed E-state index contributed by atoms with van der Waals surface area (Å²) in [6.45, 7) is 2.24. The molecule has 0 bridgehead atoms. The number of amides is 2. The van der Waals surface area contributed by atoms with E-state index in [2.05, 4.69) is 20.8 Å². The molecule has 4 heterocycles. The van der Waals surface area contributed by atoms with Crippen molar-refractivity contribution in [3.63, 3.8) is 0 Å². The fraction of sp³-hybridized carbons (Fsp3) is 0.429. The zero-order valence-corrected chi connectivity index (χ0v) is 20.0. The third-order valence-electron chi connectivity index (χ3n) is 5.87. The van der Waals surface area contributed by atoms with Crippen LogP contribution in [0.2, 0.25) is 0 Å². The van der Waals surface area contributed by atoms with Crippen LogP contribution in [-0.4, -0.2) is 57.2 Å². The predicted molar refractivity (Wildman–Crippen MR) is 121 cm³/mol. The second-order valence-electron chi connectivity index (χ2n) is 8.24. The second kappa shape index (κ2) is 9.43. The molecule has 0 saturated carbocycles. The summed E-state index contributed by atoms with van der Waals surface area (Å²) in [6, 6.07) is 3.45. The van der Waals surface area contributed by atoms with Gasteiger partial charge in [-0.15, -0.1) is 0 Å². The van der Waals surface area contributed by atoms with Crippen molar-refractivity contribution in [1.82, 2.24) is 29.2 Å². The molecule has 34 heavy (non-hydrogen) atoms. The molecule has 0 aromatic carbocycles. The highest BCUT2D eigenvalue weighted by molar-refractivity contribution is 7.89. The molecule has 2 N–H and O–H groups in total.